The van der Waals surface area contributed by atoms with Gasteiger partial charge in [0.15, 0.2) is 0 Å². The Labute approximate surface area is 92.5 Å². The SMILES string of the molecule is NC(=O)Oc1nccn1Cc1ccccc1. The van der Waals surface area contributed by atoms with Crippen molar-refractivity contribution in [1.82, 2.24) is 9.55 Å². The highest BCUT2D eigenvalue weighted by Gasteiger charge is 2.06. The molecule has 2 rings (SSSR count). The summed E-state index contributed by atoms with van der Waals surface area (Å²) in [6.07, 6.45) is 2.42. The number of ether oxygens (including phenoxy) is 1. The minimum atomic E-state index is -0.861. The molecular formula is C11H11N3O2. The highest BCUT2D eigenvalue weighted by Crippen LogP contribution is 2.10. The van der Waals surface area contributed by atoms with E-state index in [2.05, 4.69) is 4.98 Å². The molecule has 1 amide bonds. The monoisotopic (exact) mass is 217 g/mol. The molecule has 2 N–H and O–H groups in total. The normalized spacial score (nSPS) is 10.0. The Kier molecular flexibility index (Phi) is 2.86. The van der Waals surface area contributed by atoms with Gasteiger partial charge in [-0.1, -0.05) is 30.3 Å². The van der Waals surface area contributed by atoms with Crippen molar-refractivity contribution in [2.45, 2.75) is 6.54 Å². The molecule has 1 heterocycles. The Bertz CT molecular complexity index is 479. The molecule has 0 aliphatic carbocycles. The van der Waals surface area contributed by atoms with E-state index in [1.807, 2.05) is 30.3 Å². The molecule has 5 nitrogen and oxygen atoms in total. The van der Waals surface area contributed by atoms with Crippen LogP contribution in [0.4, 0.5) is 4.79 Å². The highest BCUT2D eigenvalue weighted by atomic mass is 16.6. The lowest BCUT2D eigenvalue weighted by molar-refractivity contribution is 0.205. The summed E-state index contributed by atoms with van der Waals surface area (Å²) in [6, 6.07) is 10.00. The summed E-state index contributed by atoms with van der Waals surface area (Å²) in [6.45, 7) is 0.587. The van der Waals surface area contributed by atoms with E-state index in [0.29, 0.717) is 6.54 Å². The van der Waals surface area contributed by atoms with Crippen molar-refractivity contribution in [3.05, 3.63) is 48.3 Å². The van der Waals surface area contributed by atoms with Crippen molar-refractivity contribution >= 4 is 6.09 Å². The molecule has 0 radical (unpaired) electrons. The number of imidazole rings is 1. The summed E-state index contributed by atoms with van der Waals surface area (Å²) < 4.78 is 6.46. The van der Waals surface area contributed by atoms with E-state index in [9.17, 15) is 4.79 Å². The van der Waals surface area contributed by atoms with Crippen LogP contribution < -0.4 is 10.5 Å². The van der Waals surface area contributed by atoms with Gasteiger partial charge in [-0.2, -0.15) is 0 Å². The second-order valence-electron chi connectivity index (χ2n) is 3.24. The minimum absolute atomic E-state index is 0.205. The van der Waals surface area contributed by atoms with E-state index < -0.39 is 6.09 Å². The quantitative estimate of drug-likeness (QED) is 0.844. The first kappa shape index (κ1) is 10.2. The largest absolute Gasteiger partial charge is 0.412 e. The molecule has 0 saturated carbocycles. The molecular weight excluding hydrogens is 206 g/mol. The van der Waals surface area contributed by atoms with Crippen LogP contribution in [-0.4, -0.2) is 15.6 Å². The van der Waals surface area contributed by atoms with Crippen LogP contribution in [0.15, 0.2) is 42.7 Å². The fourth-order valence-electron chi connectivity index (χ4n) is 1.39. The van der Waals surface area contributed by atoms with E-state index in [1.54, 1.807) is 17.0 Å². The number of amides is 1. The summed E-state index contributed by atoms with van der Waals surface area (Å²) in [7, 11) is 0. The maximum atomic E-state index is 10.6. The van der Waals surface area contributed by atoms with Crippen LogP contribution in [0.5, 0.6) is 6.01 Å². The number of rotatable bonds is 3. The number of nitrogens with two attached hydrogens (primary N) is 1. The number of aromatic nitrogens is 2. The maximum Gasteiger partial charge on any atom is 0.412 e. The average Bonchev–Trinajstić information content (AvgIpc) is 2.66. The van der Waals surface area contributed by atoms with E-state index in [4.69, 9.17) is 10.5 Å². The Hall–Kier alpha value is -2.30. The topological polar surface area (TPSA) is 70.1 Å². The summed E-state index contributed by atoms with van der Waals surface area (Å²) in [5.41, 5.74) is 6.02. The number of benzene rings is 1. The number of hydrogen-bond acceptors (Lipinski definition) is 3. The van der Waals surface area contributed by atoms with Gasteiger partial charge in [0, 0.05) is 12.4 Å². The van der Waals surface area contributed by atoms with Crippen LogP contribution >= 0.6 is 0 Å². The smallest absolute Gasteiger partial charge is 0.375 e. The van der Waals surface area contributed by atoms with E-state index in [0.717, 1.165) is 5.56 Å². The highest BCUT2D eigenvalue weighted by molar-refractivity contribution is 5.67. The molecule has 0 unspecified atom stereocenters. The maximum absolute atomic E-state index is 10.6. The average molecular weight is 217 g/mol. The van der Waals surface area contributed by atoms with Gasteiger partial charge in [0.05, 0.1) is 6.54 Å². The number of carbonyl (C=O) groups is 1. The summed E-state index contributed by atoms with van der Waals surface area (Å²) in [5.74, 6) is 0. The summed E-state index contributed by atoms with van der Waals surface area (Å²) in [5, 5.41) is 0. The zero-order valence-electron chi connectivity index (χ0n) is 8.54. The van der Waals surface area contributed by atoms with Crippen LogP contribution in [0.2, 0.25) is 0 Å². The molecule has 1 aromatic carbocycles. The Morgan fingerprint density at radius 2 is 2.12 bits per heavy atom. The first-order chi connectivity index (χ1) is 7.75. The molecule has 0 bridgehead atoms. The Balaban J connectivity index is 2.16. The number of primary amides is 1. The molecule has 0 aliphatic heterocycles. The van der Waals surface area contributed by atoms with Crippen molar-refractivity contribution in [3.8, 4) is 6.01 Å². The van der Waals surface area contributed by atoms with Gasteiger partial charge in [0.2, 0.25) is 0 Å². The van der Waals surface area contributed by atoms with Crippen LogP contribution in [0.1, 0.15) is 5.56 Å². The second kappa shape index (κ2) is 4.48. The molecule has 82 valence electrons. The van der Waals surface area contributed by atoms with Crippen LogP contribution in [0, 0.1) is 0 Å². The van der Waals surface area contributed by atoms with Gasteiger partial charge in [-0.25, -0.2) is 9.78 Å². The third kappa shape index (κ3) is 2.38. The first-order valence-electron chi connectivity index (χ1n) is 4.78. The lowest BCUT2D eigenvalue weighted by atomic mass is 10.2. The molecule has 0 fully saturated rings. The molecule has 0 spiro atoms. The zero-order valence-corrected chi connectivity index (χ0v) is 8.54. The molecule has 2 aromatic rings. The number of carbonyl (C=O) groups excluding carboxylic acids is 1. The summed E-state index contributed by atoms with van der Waals surface area (Å²) in [4.78, 5) is 14.5. The third-order valence-electron chi connectivity index (χ3n) is 2.06. The fourth-order valence-corrected chi connectivity index (χ4v) is 1.39. The lowest BCUT2D eigenvalue weighted by Crippen LogP contribution is -2.19. The predicted octanol–water partition coefficient (Wildman–Crippen LogP) is 1.39. The van der Waals surface area contributed by atoms with Crippen molar-refractivity contribution in [2.24, 2.45) is 5.73 Å². The Morgan fingerprint density at radius 1 is 1.38 bits per heavy atom. The number of nitrogens with zero attached hydrogens (tertiary/aromatic N) is 2. The minimum Gasteiger partial charge on any atom is -0.375 e. The van der Waals surface area contributed by atoms with E-state index >= 15 is 0 Å². The zero-order chi connectivity index (χ0) is 11.4. The molecule has 5 heteroatoms. The fraction of sp³-hybridized carbons (Fsp3) is 0.0909. The summed E-state index contributed by atoms with van der Waals surface area (Å²) >= 11 is 0. The van der Waals surface area contributed by atoms with Crippen LogP contribution in [-0.2, 0) is 6.54 Å². The molecule has 0 atom stereocenters. The predicted molar refractivity (Wildman–Crippen MR) is 58.0 cm³/mol. The lowest BCUT2D eigenvalue weighted by Gasteiger charge is -2.06. The van der Waals surface area contributed by atoms with Gasteiger partial charge in [-0.3, -0.25) is 4.57 Å². The third-order valence-corrected chi connectivity index (χ3v) is 2.06. The van der Waals surface area contributed by atoms with Crippen molar-refractivity contribution in [2.75, 3.05) is 0 Å². The van der Waals surface area contributed by atoms with Gasteiger partial charge in [-0.05, 0) is 5.56 Å². The van der Waals surface area contributed by atoms with Crippen LogP contribution in [0.25, 0.3) is 0 Å². The Morgan fingerprint density at radius 3 is 2.81 bits per heavy atom. The van der Waals surface area contributed by atoms with Crippen molar-refractivity contribution in [1.29, 1.82) is 0 Å². The second-order valence-corrected chi connectivity index (χ2v) is 3.24. The van der Waals surface area contributed by atoms with Crippen molar-refractivity contribution < 1.29 is 9.53 Å². The van der Waals surface area contributed by atoms with Gasteiger partial charge >= 0.3 is 12.1 Å². The van der Waals surface area contributed by atoms with Gasteiger partial charge in [0.1, 0.15) is 0 Å². The first-order valence-corrected chi connectivity index (χ1v) is 4.78. The van der Waals surface area contributed by atoms with Gasteiger partial charge in [0.25, 0.3) is 0 Å². The van der Waals surface area contributed by atoms with Gasteiger partial charge < -0.3 is 10.5 Å². The molecule has 1 aromatic heterocycles. The van der Waals surface area contributed by atoms with Crippen LogP contribution in [0.3, 0.4) is 0 Å². The molecule has 0 saturated heterocycles. The van der Waals surface area contributed by atoms with E-state index in [-0.39, 0.29) is 6.01 Å². The molecule has 0 aliphatic rings. The standard InChI is InChI=1S/C11H11N3O2/c12-10(15)16-11-13-6-7-14(11)8-9-4-2-1-3-5-9/h1-7H,8H2,(H2,12,15). The van der Waals surface area contributed by atoms with Crippen molar-refractivity contribution in [3.63, 3.8) is 0 Å². The van der Waals surface area contributed by atoms with E-state index in [1.165, 1.54) is 0 Å². The number of hydrogen-bond donors (Lipinski definition) is 1. The van der Waals surface area contributed by atoms with Gasteiger partial charge in [-0.15, -0.1) is 0 Å². The molecule has 16 heavy (non-hydrogen) atoms.